The molecule has 2 fully saturated rings. The molecule has 1 aliphatic heterocycles. The van der Waals surface area contributed by atoms with Gasteiger partial charge in [0.15, 0.2) is 6.29 Å². The van der Waals surface area contributed by atoms with Crippen molar-refractivity contribution in [2.45, 2.75) is 57.7 Å². The summed E-state index contributed by atoms with van der Waals surface area (Å²) < 4.78 is 8.74. The van der Waals surface area contributed by atoms with Gasteiger partial charge in [-0.3, -0.25) is 18.7 Å². The van der Waals surface area contributed by atoms with Crippen LogP contribution in [0.2, 0.25) is 0 Å². The van der Waals surface area contributed by atoms with Crippen LogP contribution in [0.4, 0.5) is 0 Å². The van der Waals surface area contributed by atoms with Crippen LogP contribution in [0.1, 0.15) is 47.8 Å². The summed E-state index contributed by atoms with van der Waals surface area (Å²) >= 11 is 1.23. The predicted octanol–water partition coefficient (Wildman–Crippen LogP) is 2.03. The average molecular weight is 348 g/mol. The van der Waals surface area contributed by atoms with Gasteiger partial charge < -0.3 is 4.74 Å². The van der Waals surface area contributed by atoms with Crippen molar-refractivity contribution in [3.8, 4) is 0 Å². The number of aldehydes is 1. The molecule has 128 valence electrons. The van der Waals surface area contributed by atoms with E-state index >= 15 is 0 Å². The molecule has 1 saturated carbocycles. The lowest BCUT2D eigenvalue weighted by Crippen LogP contribution is -2.45. The zero-order chi connectivity index (χ0) is 17.1. The number of thiophene rings is 1. The van der Waals surface area contributed by atoms with Crippen LogP contribution in [0.15, 0.2) is 9.59 Å². The van der Waals surface area contributed by atoms with Crippen molar-refractivity contribution in [3.63, 3.8) is 0 Å². The fourth-order valence-electron chi connectivity index (χ4n) is 3.51. The number of aromatic nitrogens is 2. The molecule has 2 aromatic heterocycles. The van der Waals surface area contributed by atoms with E-state index in [4.69, 9.17) is 4.74 Å². The highest BCUT2D eigenvalue weighted by Gasteiger charge is 2.43. The number of hydrogen-bond donors (Lipinski definition) is 0. The van der Waals surface area contributed by atoms with Crippen molar-refractivity contribution in [1.29, 1.82) is 0 Å². The molecule has 0 amide bonds. The lowest BCUT2D eigenvalue weighted by atomic mass is 10.2. The Morgan fingerprint density at radius 2 is 2.12 bits per heavy atom. The third-order valence-electron chi connectivity index (χ3n) is 5.28. The summed E-state index contributed by atoms with van der Waals surface area (Å²) in [5, 5.41) is 0.507. The molecular weight excluding hydrogens is 328 g/mol. The van der Waals surface area contributed by atoms with E-state index < -0.39 is 5.54 Å². The summed E-state index contributed by atoms with van der Waals surface area (Å²) in [4.78, 5) is 38.5. The minimum Gasteiger partial charge on any atom is -0.376 e. The predicted molar refractivity (Wildman–Crippen MR) is 92.3 cm³/mol. The number of fused-ring (bicyclic) bond motifs is 1. The normalized spacial score (nSPS) is 22.2. The highest BCUT2D eigenvalue weighted by atomic mass is 32.1. The summed E-state index contributed by atoms with van der Waals surface area (Å²) in [6, 6.07) is 0. The first-order chi connectivity index (χ1) is 11.5. The Bertz CT molecular complexity index is 942. The smallest absolute Gasteiger partial charge is 0.332 e. The molecule has 0 spiro atoms. The first kappa shape index (κ1) is 15.8. The van der Waals surface area contributed by atoms with Gasteiger partial charge in [0.2, 0.25) is 0 Å². The highest BCUT2D eigenvalue weighted by Crippen LogP contribution is 2.41. The van der Waals surface area contributed by atoms with Gasteiger partial charge in [0.1, 0.15) is 4.83 Å². The summed E-state index contributed by atoms with van der Waals surface area (Å²) in [5.41, 5.74) is -0.257. The molecular formula is C17H20N2O4S. The third-order valence-corrected chi connectivity index (χ3v) is 6.52. The topological polar surface area (TPSA) is 70.3 Å². The van der Waals surface area contributed by atoms with Gasteiger partial charge in [0.25, 0.3) is 5.56 Å². The van der Waals surface area contributed by atoms with Crippen molar-refractivity contribution in [2.75, 3.05) is 6.61 Å². The second-order valence-corrected chi connectivity index (χ2v) is 8.09. The minimum atomic E-state index is -0.393. The van der Waals surface area contributed by atoms with Crippen LogP contribution < -0.4 is 11.2 Å². The van der Waals surface area contributed by atoms with E-state index in [9.17, 15) is 14.4 Å². The molecule has 1 aliphatic carbocycles. The number of aryl methyl sites for hydroxylation is 1. The van der Waals surface area contributed by atoms with E-state index in [1.807, 2.05) is 6.92 Å². The van der Waals surface area contributed by atoms with E-state index in [0.717, 1.165) is 32.0 Å². The Morgan fingerprint density at radius 3 is 2.71 bits per heavy atom. The van der Waals surface area contributed by atoms with Gasteiger partial charge in [-0.15, -0.1) is 11.3 Å². The SMILES string of the molecule is Cc1c(C=O)sc2c1c(=O)n(C1(C)CC1)c(=O)n2C[C@H]1CCCO1. The van der Waals surface area contributed by atoms with Crippen molar-refractivity contribution in [1.82, 2.24) is 9.13 Å². The van der Waals surface area contributed by atoms with Crippen LogP contribution >= 0.6 is 11.3 Å². The van der Waals surface area contributed by atoms with Gasteiger partial charge >= 0.3 is 5.69 Å². The van der Waals surface area contributed by atoms with Crippen molar-refractivity contribution in [3.05, 3.63) is 31.3 Å². The molecule has 4 rings (SSSR count). The summed E-state index contributed by atoms with van der Waals surface area (Å²) in [5.74, 6) is 0. The molecule has 2 aliphatic rings. The van der Waals surface area contributed by atoms with Gasteiger partial charge in [-0.1, -0.05) is 0 Å². The van der Waals surface area contributed by atoms with Crippen molar-refractivity contribution >= 4 is 27.8 Å². The molecule has 0 bridgehead atoms. The van der Waals surface area contributed by atoms with Crippen molar-refractivity contribution < 1.29 is 9.53 Å². The van der Waals surface area contributed by atoms with Crippen LogP contribution in [0.25, 0.3) is 10.2 Å². The number of ether oxygens (including phenoxy) is 1. The maximum atomic E-state index is 13.1. The Kier molecular flexibility index (Phi) is 3.54. The maximum absolute atomic E-state index is 13.1. The van der Waals surface area contributed by atoms with Gasteiger partial charge in [-0.05, 0) is 45.1 Å². The minimum absolute atomic E-state index is 0.00838. The maximum Gasteiger partial charge on any atom is 0.332 e. The van der Waals surface area contributed by atoms with E-state index in [2.05, 4.69) is 0 Å². The lowest BCUT2D eigenvalue weighted by Gasteiger charge is -2.18. The van der Waals surface area contributed by atoms with E-state index in [-0.39, 0.29) is 17.4 Å². The third kappa shape index (κ3) is 2.22. The summed E-state index contributed by atoms with van der Waals surface area (Å²) in [6.07, 6.45) is 4.32. The average Bonchev–Trinajstić information content (AvgIpc) is 2.98. The number of carbonyl (C=O) groups excluding carboxylic acids is 1. The Morgan fingerprint density at radius 1 is 1.38 bits per heavy atom. The summed E-state index contributed by atoms with van der Waals surface area (Å²) in [6.45, 7) is 4.87. The van der Waals surface area contributed by atoms with Gasteiger partial charge in [0.05, 0.1) is 28.5 Å². The Balaban J connectivity index is 2.03. The molecule has 7 heteroatoms. The molecule has 24 heavy (non-hydrogen) atoms. The molecule has 0 N–H and O–H groups in total. The quantitative estimate of drug-likeness (QED) is 0.793. The van der Waals surface area contributed by atoms with Gasteiger partial charge in [-0.2, -0.15) is 0 Å². The summed E-state index contributed by atoms with van der Waals surface area (Å²) in [7, 11) is 0. The van der Waals surface area contributed by atoms with Gasteiger partial charge in [-0.25, -0.2) is 4.79 Å². The van der Waals surface area contributed by atoms with Crippen LogP contribution in [-0.4, -0.2) is 28.1 Å². The van der Waals surface area contributed by atoms with Gasteiger partial charge in [0, 0.05) is 6.61 Å². The van der Waals surface area contributed by atoms with Crippen molar-refractivity contribution in [2.24, 2.45) is 0 Å². The van der Waals surface area contributed by atoms with Crippen LogP contribution in [-0.2, 0) is 16.8 Å². The Labute approximate surface area is 142 Å². The van der Waals surface area contributed by atoms with E-state index in [1.165, 1.54) is 15.9 Å². The van der Waals surface area contributed by atoms with E-state index in [0.29, 0.717) is 33.8 Å². The molecule has 2 aromatic rings. The first-order valence-electron chi connectivity index (χ1n) is 8.32. The number of hydrogen-bond acceptors (Lipinski definition) is 5. The first-order valence-corrected chi connectivity index (χ1v) is 9.14. The van der Waals surface area contributed by atoms with E-state index in [1.54, 1.807) is 11.5 Å². The fraction of sp³-hybridized carbons (Fsp3) is 0.588. The molecule has 0 unspecified atom stereocenters. The fourth-order valence-corrected chi connectivity index (χ4v) is 4.63. The van der Waals surface area contributed by atoms with Crippen LogP contribution in [0.3, 0.4) is 0 Å². The van der Waals surface area contributed by atoms with Crippen LogP contribution in [0.5, 0.6) is 0 Å². The lowest BCUT2D eigenvalue weighted by molar-refractivity contribution is 0.0964. The number of nitrogens with zero attached hydrogens (tertiary/aromatic N) is 2. The second kappa shape index (κ2) is 5.39. The van der Waals surface area contributed by atoms with Crippen LogP contribution in [0, 0.1) is 6.92 Å². The number of rotatable bonds is 4. The standard InChI is InChI=1S/C17H20N2O4S/c1-10-12(9-20)24-15-13(10)14(21)19(17(2)5-6-17)16(22)18(15)8-11-4-3-7-23-11/h9,11H,3-8H2,1-2H3/t11-/m1/s1. The second-order valence-electron chi connectivity index (χ2n) is 7.06. The monoisotopic (exact) mass is 348 g/mol. The molecule has 6 nitrogen and oxygen atoms in total. The highest BCUT2D eigenvalue weighted by molar-refractivity contribution is 7.20. The molecule has 1 saturated heterocycles. The zero-order valence-corrected chi connectivity index (χ0v) is 14.6. The molecule has 3 heterocycles. The number of carbonyl (C=O) groups is 1. The Hall–Kier alpha value is -1.73. The largest absolute Gasteiger partial charge is 0.376 e. The molecule has 0 radical (unpaired) electrons. The molecule has 0 aromatic carbocycles. The zero-order valence-electron chi connectivity index (χ0n) is 13.8. The molecule has 1 atom stereocenters.